The zero-order valence-corrected chi connectivity index (χ0v) is 6.90. The van der Waals surface area contributed by atoms with Crippen LogP contribution in [0.4, 0.5) is 5.69 Å². The number of nitrogen functional groups attached to an aromatic ring is 1. The van der Waals surface area contributed by atoms with E-state index in [9.17, 15) is 4.79 Å². The standard InChI is InChI=1S/C10H8N2O/c11-10-2-1-7(6-13)9-5-12-4-3-8(9)10/h1-6H,11H2. The van der Waals surface area contributed by atoms with Gasteiger partial charge in [0.2, 0.25) is 0 Å². The van der Waals surface area contributed by atoms with E-state index >= 15 is 0 Å². The minimum absolute atomic E-state index is 0.623. The average molecular weight is 172 g/mol. The molecule has 0 aliphatic carbocycles. The summed E-state index contributed by atoms with van der Waals surface area (Å²) in [4.78, 5) is 14.6. The molecule has 3 heteroatoms. The minimum atomic E-state index is 0.623. The number of hydrogen-bond donors (Lipinski definition) is 1. The smallest absolute Gasteiger partial charge is 0.150 e. The highest BCUT2D eigenvalue weighted by Crippen LogP contribution is 2.22. The van der Waals surface area contributed by atoms with E-state index in [2.05, 4.69) is 4.98 Å². The summed E-state index contributed by atoms with van der Waals surface area (Å²) in [6.07, 6.45) is 4.12. The summed E-state index contributed by atoms with van der Waals surface area (Å²) < 4.78 is 0. The van der Waals surface area contributed by atoms with Gasteiger partial charge in [-0.05, 0) is 18.2 Å². The van der Waals surface area contributed by atoms with Crippen molar-refractivity contribution in [3.8, 4) is 0 Å². The van der Waals surface area contributed by atoms with Crippen LogP contribution >= 0.6 is 0 Å². The fraction of sp³-hybridized carbons (Fsp3) is 0. The molecule has 0 spiro atoms. The van der Waals surface area contributed by atoms with Gasteiger partial charge < -0.3 is 5.73 Å². The molecule has 2 rings (SSSR count). The number of anilines is 1. The fourth-order valence-electron chi connectivity index (χ4n) is 1.34. The summed E-state index contributed by atoms with van der Waals surface area (Å²) in [5.41, 5.74) is 7.03. The Hall–Kier alpha value is -1.90. The lowest BCUT2D eigenvalue weighted by Crippen LogP contribution is -1.90. The molecule has 0 unspecified atom stereocenters. The third kappa shape index (κ3) is 1.14. The quantitative estimate of drug-likeness (QED) is 0.525. The minimum Gasteiger partial charge on any atom is -0.398 e. The van der Waals surface area contributed by atoms with Crippen LogP contribution in [0.3, 0.4) is 0 Å². The molecule has 0 saturated carbocycles. The third-order valence-electron chi connectivity index (χ3n) is 2.01. The van der Waals surface area contributed by atoms with E-state index in [0.717, 1.165) is 17.1 Å². The molecule has 0 fully saturated rings. The molecule has 0 bridgehead atoms. The molecule has 0 amide bonds. The summed E-state index contributed by atoms with van der Waals surface area (Å²) in [7, 11) is 0. The lowest BCUT2D eigenvalue weighted by molar-refractivity contribution is 0.112. The van der Waals surface area contributed by atoms with Gasteiger partial charge in [-0.3, -0.25) is 9.78 Å². The van der Waals surface area contributed by atoms with Crippen molar-refractivity contribution in [3.63, 3.8) is 0 Å². The van der Waals surface area contributed by atoms with Gasteiger partial charge in [0, 0.05) is 34.4 Å². The van der Waals surface area contributed by atoms with Gasteiger partial charge in [0.25, 0.3) is 0 Å². The SMILES string of the molecule is Nc1ccc(C=O)c2cnccc12. The Kier molecular flexibility index (Phi) is 1.70. The molecular weight excluding hydrogens is 164 g/mol. The normalized spacial score (nSPS) is 10.2. The Morgan fingerprint density at radius 2 is 2.08 bits per heavy atom. The van der Waals surface area contributed by atoms with Crippen molar-refractivity contribution >= 4 is 22.7 Å². The van der Waals surface area contributed by atoms with E-state index in [1.807, 2.05) is 0 Å². The number of nitrogens with two attached hydrogens (primary N) is 1. The lowest BCUT2D eigenvalue weighted by Gasteiger charge is -2.02. The summed E-state index contributed by atoms with van der Waals surface area (Å²) in [5, 5.41) is 1.68. The van der Waals surface area contributed by atoms with Crippen LogP contribution in [0.2, 0.25) is 0 Å². The van der Waals surface area contributed by atoms with Crippen molar-refractivity contribution in [1.82, 2.24) is 4.98 Å². The molecule has 1 aromatic heterocycles. The van der Waals surface area contributed by atoms with Crippen molar-refractivity contribution in [2.24, 2.45) is 0 Å². The highest BCUT2D eigenvalue weighted by atomic mass is 16.1. The number of rotatable bonds is 1. The van der Waals surface area contributed by atoms with Crippen LogP contribution in [0, 0.1) is 0 Å². The van der Waals surface area contributed by atoms with Gasteiger partial charge in [0.15, 0.2) is 6.29 Å². The average Bonchev–Trinajstić information content (AvgIpc) is 2.19. The van der Waals surface area contributed by atoms with Crippen LogP contribution in [0.5, 0.6) is 0 Å². The molecule has 13 heavy (non-hydrogen) atoms. The zero-order chi connectivity index (χ0) is 9.26. The van der Waals surface area contributed by atoms with E-state index in [1.54, 1.807) is 30.6 Å². The number of carbonyl (C=O) groups excluding carboxylic acids is 1. The molecule has 2 aromatic rings. The maximum atomic E-state index is 10.7. The second-order valence-electron chi connectivity index (χ2n) is 2.78. The van der Waals surface area contributed by atoms with Crippen LogP contribution < -0.4 is 5.73 Å². The number of pyridine rings is 1. The first-order chi connectivity index (χ1) is 6.33. The van der Waals surface area contributed by atoms with Gasteiger partial charge >= 0.3 is 0 Å². The van der Waals surface area contributed by atoms with Crippen LogP contribution in [0.1, 0.15) is 10.4 Å². The molecule has 3 nitrogen and oxygen atoms in total. The van der Waals surface area contributed by atoms with E-state index in [1.165, 1.54) is 0 Å². The Morgan fingerprint density at radius 3 is 2.85 bits per heavy atom. The van der Waals surface area contributed by atoms with Crippen molar-refractivity contribution in [3.05, 3.63) is 36.2 Å². The van der Waals surface area contributed by atoms with Gasteiger partial charge in [0.1, 0.15) is 0 Å². The molecule has 0 radical (unpaired) electrons. The lowest BCUT2D eigenvalue weighted by atomic mass is 10.1. The molecular formula is C10H8N2O. The number of aromatic nitrogens is 1. The number of hydrogen-bond acceptors (Lipinski definition) is 3. The Labute approximate surface area is 75.2 Å². The zero-order valence-electron chi connectivity index (χ0n) is 6.90. The van der Waals surface area contributed by atoms with E-state index < -0.39 is 0 Å². The first-order valence-corrected chi connectivity index (χ1v) is 3.90. The highest BCUT2D eigenvalue weighted by molar-refractivity contribution is 6.02. The first kappa shape index (κ1) is 7.73. The Bertz CT molecular complexity index is 465. The first-order valence-electron chi connectivity index (χ1n) is 3.90. The van der Waals surface area contributed by atoms with Gasteiger partial charge in [-0.2, -0.15) is 0 Å². The molecule has 1 aromatic carbocycles. The maximum Gasteiger partial charge on any atom is 0.150 e. The summed E-state index contributed by atoms with van der Waals surface area (Å²) in [6.45, 7) is 0. The number of aldehydes is 1. The molecule has 2 N–H and O–H groups in total. The van der Waals surface area contributed by atoms with Crippen LogP contribution in [-0.4, -0.2) is 11.3 Å². The number of carbonyl (C=O) groups is 1. The second-order valence-corrected chi connectivity index (χ2v) is 2.78. The molecule has 0 atom stereocenters. The van der Waals surface area contributed by atoms with Gasteiger partial charge in [-0.25, -0.2) is 0 Å². The van der Waals surface area contributed by atoms with Crippen molar-refractivity contribution < 1.29 is 4.79 Å². The maximum absolute atomic E-state index is 10.7. The third-order valence-corrected chi connectivity index (χ3v) is 2.01. The monoisotopic (exact) mass is 172 g/mol. The molecule has 0 saturated heterocycles. The van der Waals surface area contributed by atoms with Gasteiger partial charge in [-0.15, -0.1) is 0 Å². The molecule has 0 aliphatic rings. The summed E-state index contributed by atoms with van der Waals surface area (Å²) >= 11 is 0. The summed E-state index contributed by atoms with van der Waals surface area (Å²) in [5.74, 6) is 0. The van der Waals surface area contributed by atoms with Crippen LogP contribution in [-0.2, 0) is 0 Å². The van der Waals surface area contributed by atoms with E-state index in [4.69, 9.17) is 5.73 Å². The topological polar surface area (TPSA) is 56.0 Å². The Morgan fingerprint density at radius 1 is 1.23 bits per heavy atom. The van der Waals surface area contributed by atoms with Gasteiger partial charge in [-0.1, -0.05) is 0 Å². The fourth-order valence-corrected chi connectivity index (χ4v) is 1.34. The number of nitrogens with zero attached hydrogens (tertiary/aromatic N) is 1. The van der Waals surface area contributed by atoms with Crippen molar-refractivity contribution in [2.75, 3.05) is 5.73 Å². The molecule has 1 heterocycles. The van der Waals surface area contributed by atoms with Crippen molar-refractivity contribution in [1.29, 1.82) is 0 Å². The number of benzene rings is 1. The van der Waals surface area contributed by atoms with Crippen LogP contribution in [0.15, 0.2) is 30.6 Å². The van der Waals surface area contributed by atoms with E-state index in [-0.39, 0.29) is 0 Å². The van der Waals surface area contributed by atoms with Gasteiger partial charge in [0.05, 0.1) is 0 Å². The van der Waals surface area contributed by atoms with Crippen molar-refractivity contribution in [2.45, 2.75) is 0 Å². The predicted molar refractivity (Wildman–Crippen MR) is 51.5 cm³/mol. The summed E-state index contributed by atoms with van der Waals surface area (Å²) in [6, 6.07) is 5.23. The van der Waals surface area contributed by atoms with Crippen LogP contribution in [0.25, 0.3) is 10.8 Å². The van der Waals surface area contributed by atoms with E-state index in [0.29, 0.717) is 11.3 Å². The highest BCUT2D eigenvalue weighted by Gasteiger charge is 2.01. The largest absolute Gasteiger partial charge is 0.398 e. The molecule has 64 valence electrons. The predicted octanol–water partition coefficient (Wildman–Crippen LogP) is 1.63. The Balaban J connectivity index is 2.92. The second kappa shape index (κ2) is 2.86. The molecule has 0 aliphatic heterocycles. The number of fused-ring (bicyclic) bond motifs is 1.